The summed E-state index contributed by atoms with van der Waals surface area (Å²) < 4.78 is 0. The Bertz CT molecular complexity index is 352. The molecule has 0 unspecified atom stereocenters. The lowest BCUT2D eigenvalue weighted by atomic mass is 9.90. The van der Waals surface area contributed by atoms with Gasteiger partial charge in [0.25, 0.3) is 0 Å². The number of aliphatic hydroxyl groups excluding tert-OH is 2. The number of carboxylic acids is 1. The number of hydrogen-bond donors (Lipinski definition) is 4. The standard InChI is InChI=1S/C13H23NO5S/c1-7(16)14-11(10(17)5-6-15)8-3-4-9(13(18)19)12(8)20-2/h8-12,15,17H,3-6H2,1-2H3,(H,14,16)(H,18,19)/t8-,9+,10+,11+,12+/m1/s1. The van der Waals surface area contributed by atoms with Gasteiger partial charge >= 0.3 is 5.97 Å². The quantitative estimate of drug-likeness (QED) is 0.530. The summed E-state index contributed by atoms with van der Waals surface area (Å²) >= 11 is 1.46. The Hall–Kier alpha value is -0.790. The van der Waals surface area contributed by atoms with Gasteiger partial charge in [0.1, 0.15) is 0 Å². The van der Waals surface area contributed by atoms with Crippen molar-refractivity contribution < 1.29 is 24.9 Å². The van der Waals surface area contributed by atoms with Crippen LogP contribution in [0, 0.1) is 11.8 Å². The summed E-state index contributed by atoms with van der Waals surface area (Å²) in [5, 5.41) is 30.9. The number of aliphatic hydroxyl groups is 2. The lowest BCUT2D eigenvalue weighted by molar-refractivity contribution is -0.141. The lowest BCUT2D eigenvalue weighted by Gasteiger charge is -2.32. The van der Waals surface area contributed by atoms with Gasteiger partial charge < -0.3 is 20.6 Å². The molecular formula is C13H23NO5S. The summed E-state index contributed by atoms with van der Waals surface area (Å²) in [5.74, 6) is -1.64. The normalized spacial score (nSPS) is 28.9. The molecule has 0 saturated heterocycles. The predicted molar refractivity (Wildman–Crippen MR) is 76.5 cm³/mol. The average Bonchev–Trinajstić information content (AvgIpc) is 2.79. The summed E-state index contributed by atoms with van der Waals surface area (Å²) in [7, 11) is 0. The highest BCUT2D eigenvalue weighted by molar-refractivity contribution is 7.99. The SMILES string of the molecule is CS[C@H]1[C@@H]([C@H](NC(C)=O)[C@@H](O)CCO)CC[C@@H]1C(=O)O. The Kier molecular flexibility index (Phi) is 6.78. The van der Waals surface area contributed by atoms with Crippen molar-refractivity contribution in [3.05, 3.63) is 0 Å². The summed E-state index contributed by atoms with van der Waals surface area (Å²) in [6.45, 7) is 1.20. The average molecular weight is 305 g/mol. The first kappa shape index (κ1) is 17.3. The highest BCUT2D eigenvalue weighted by Gasteiger charge is 2.45. The van der Waals surface area contributed by atoms with Crippen molar-refractivity contribution in [3.63, 3.8) is 0 Å². The van der Waals surface area contributed by atoms with E-state index in [1.807, 2.05) is 6.26 Å². The molecule has 1 aliphatic rings. The fraction of sp³-hybridized carbons (Fsp3) is 0.846. The van der Waals surface area contributed by atoms with Gasteiger partial charge in [0.15, 0.2) is 0 Å². The van der Waals surface area contributed by atoms with Gasteiger partial charge in [0, 0.05) is 18.8 Å². The van der Waals surface area contributed by atoms with Gasteiger partial charge in [-0.1, -0.05) is 0 Å². The van der Waals surface area contributed by atoms with Crippen LogP contribution in [0.3, 0.4) is 0 Å². The number of thioether (sulfide) groups is 1. The minimum atomic E-state index is -0.865. The number of hydrogen-bond acceptors (Lipinski definition) is 5. The van der Waals surface area contributed by atoms with E-state index < -0.39 is 24.0 Å². The zero-order chi connectivity index (χ0) is 15.3. The van der Waals surface area contributed by atoms with Crippen molar-refractivity contribution >= 4 is 23.6 Å². The molecule has 116 valence electrons. The highest BCUT2D eigenvalue weighted by Crippen LogP contribution is 2.41. The third kappa shape index (κ3) is 4.10. The van der Waals surface area contributed by atoms with Crippen molar-refractivity contribution in [1.82, 2.24) is 5.32 Å². The van der Waals surface area contributed by atoms with E-state index in [1.54, 1.807) is 0 Å². The first-order valence-corrected chi connectivity index (χ1v) is 8.02. The monoisotopic (exact) mass is 305 g/mol. The Morgan fingerprint density at radius 2 is 2.05 bits per heavy atom. The molecule has 7 heteroatoms. The fourth-order valence-corrected chi connectivity index (χ4v) is 4.26. The van der Waals surface area contributed by atoms with Crippen LogP contribution in [0.25, 0.3) is 0 Å². The maximum atomic E-state index is 11.3. The number of rotatable bonds is 7. The molecule has 1 fully saturated rings. The van der Waals surface area contributed by atoms with Crippen molar-refractivity contribution in [3.8, 4) is 0 Å². The van der Waals surface area contributed by atoms with E-state index >= 15 is 0 Å². The molecule has 0 bridgehead atoms. The van der Waals surface area contributed by atoms with Crippen LogP contribution >= 0.6 is 11.8 Å². The van der Waals surface area contributed by atoms with E-state index in [0.717, 1.165) is 0 Å². The molecule has 0 aromatic rings. The summed E-state index contributed by atoms with van der Waals surface area (Å²) in [6, 6.07) is -0.513. The molecule has 20 heavy (non-hydrogen) atoms. The second kappa shape index (κ2) is 7.85. The van der Waals surface area contributed by atoms with Crippen molar-refractivity contribution in [2.24, 2.45) is 11.8 Å². The van der Waals surface area contributed by atoms with Gasteiger partial charge in [0.2, 0.25) is 5.91 Å². The van der Waals surface area contributed by atoms with Gasteiger partial charge in [0.05, 0.1) is 18.1 Å². The van der Waals surface area contributed by atoms with Crippen LogP contribution < -0.4 is 5.32 Å². The van der Waals surface area contributed by atoms with Crippen LogP contribution in [0.5, 0.6) is 0 Å². The summed E-state index contributed by atoms with van der Waals surface area (Å²) in [5.41, 5.74) is 0. The van der Waals surface area contributed by atoms with E-state index in [2.05, 4.69) is 5.32 Å². The van der Waals surface area contributed by atoms with E-state index in [-0.39, 0.29) is 30.1 Å². The molecule has 0 aromatic carbocycles. The zero-order valence-electron chi connectivity index (χ0n) is 11.8. The maximum absolute atomic E-state index is 11.3. The second-order valence-corrected chi connectivity index (χ2v) is 6.21. The minimum absolute atomic E-state index is 0.100. The molecule has 1 aliphatic carbocycles. The second-order valence-electron chi connectivity index (χ2n) is 5.19. The molecule has 0 aromatic heterocycles. The van der Waals surface area contributed by atoms with Crippen LogP contribution in [0.4, 0.5) is 0 Å². The lowest BCUT2D eigenvalue weighted by Crippen LogP contribution is -2.50. The summed E-state index contributed by atoms with van der Waals surface area (Å²) in [6.07, 6.45) is 2.35. The molecule has 0 aliphatic heterocycles. The minimum Gasteiger partial charge on any atom is -0.481 e. The number of nitrogens with one attached hydrogen (secondary N) is 1. The van der Waals surface area contributed by atoms with Gasteiger partial charge in [-0.15, -0.1) is 0 Å². The fourth-order valence-electron chi connectivity index (χ4n) is 3.02. The van der Waals surface area contributed by atoms with Crippen molar-refractivity contribution in [2.45, 2.75) is 43.6 Å². The van der Waals surface area contributed by atoms with Crippen molar-refractivity contribution in [2.75, 3.05) is 12.9 Å². The Labute approximate surface area is 122 Å². The third-order valence-electron chi connectivity index (χ3n) is 3.89. The first-order valence-electron chi connectivity index (χ1n) is 6.74. The number of carboxylic acid groups (broad SMARTS) is 1. The van der Waals surface area contributed by atoms with Crippen LogP contribution in [-0.4, -0.2) is 57.5 Å². The van der Waals surface area contributed by atoms with Crippen LogP contribution in [0.1, 0.15) is 26.2 Å². The smallest absolute Gasteiger partial charge is 0.307 e. The zero-order valence-corrected chi connectivity index (χ0v) is 12.6. The van der Waals surface area contributed by atoms with E-state index in [1.165, 1.54) is 18.7 Å². The number of aliphatic carboxylic acids is 1. The number of carbonyl (C=O) groups excluding carboxylic acids is 1. The van der Waals surface area contributed by atoms with E-state index in [4.69, 9.17) is 5.11 Å². The molecule has 1 rings (SSSR count). The molecule has 6 nitrogen and oxygen atoms in total. The van der Waals surface area contributed by atoms with Gasteiger partial charge in [-0.25, -0.2) is 0 Å². The van der Waals surface area contributed by atoms with Crippen LogP contribution in [0.2, 0.25) is 0 Å². The molecule has 0 spiro atoms. The molecule has 0 heterocycles. The van der Waals surface area contributed by atoms with Gasteiger partial charge in [-0.2, -0.15) is 11.8 Å². The van der Waals surface area contributed by atoms with Crippen molar-refractivity contribution in [1.29, 1.82) is 0 Å². The molecule has 5 atom stereocenters. The Balaban J connectivity index is 2.89. The predicted octanol–water partition coefficient (Wildman–Crippen LogP) is 0.0768. The third-order valence-corrected chi connectivity index (χ3v) is 5.11. The molecular weight excluding hydrogens is 282 g/mol. The van der Waals surface area contributed by atoms with Crippen LogP contribution in [-0.2, 0) is 9.59 Å². The molecule has 0 radical (unpaired) electrons. The number of amides is 1. The van der Waals surface area contributed by atoms with E-state index in [9.17, 15) is 19.8 Å². The van der Waals surface area contributed by atoms with E-state index in [0.29, 0.717) is 12.8 Å². The van der Waals surface area contributed by atoms with Gasteiger partial charge in [-0.3, -0.25) is 9.59 Å². The largest absolute Gasteiger partial charge is 0.481 e. The topological polar surface area (TPSA) is 107 Å². The summed E-state index contributed by atoms with van der Waals surface area (Å²) in [4.78, 5) is 22.6. The van der Waals surface area contributed by atoms with Crippen LogP contribution in [0.15, 0.2) is 0 Å². The molecule has 1 amide bonds. The highest BCUT2D eigenvalue weighted by atomic mass is 32.2. The molecule has 4 N–H and O–H groups in total. The first-order chi connectivity index (χ1) is 9.42. The van der Waals surface area contributed by atoms with Gasteiger partial charge in [-0.05, 0) is 31.4 Å². The Morgan fingerprint density at radius 3 is 2.50 bits per heavy atom. The molecule has 1 saturated carbocycles. The maximum Gasteiger partial charge on any atom is 0.307 e. The number of carbonyl (C=O) groups is 2. The Morgan fingerprint density at radius 1 is 1.40 bits per heavy atom.